The van der Waals surface area contributed by atoms with E-state index in [-0.39, 0.29) is 11.9 Å². The topological polar surface area (TPSA) is 72.3 Å². The monoisotopic (exact) mass is 343 g/mol. The summed E-state index contributed by atoms with van der Waals surface area (Å²) in [5, 5.41) is 7.59. The lowest BCUT2D eigenvalue weighted by Crippen LogP contribution is -2.34. The Morgan fingerprint density at radius 3 is 2.96 bits per heavy atom. The van der Waals surface area contributed by atoms with Crippen LogP contribution in [-0.4, -0.2) is 46.8 Å². The molecule has 0 aliphatic carbocycles. The van der Waals surface area contributed by atoms with E-state index in [4.69, 9.17) is 4.74 Å². The van der Waals surface area contributed by atoms with Gasteiger partial charge in [0.05, 0.1) is 6.04 Å². The van der Waals surface area contributed by atoms with E-state index in [1.165, 1.54) is 0 Å². The van der Waals surface area contributed by atoms with Crippen molar-refractivity contribution in [3.05, 3.63) is 47.0 Å². The van der Waals surface area contributed by atoms with Crippen molar-refractivity contribution in [1.82, 2.24) is 25.0 Å². The third-order valence-corrected chi connectivity index (χ3v) is 4.25. The van der Waals surface area contributed by atoms with Crippen LogP contribution >= 0.6 is 0 Å². The first-order valence-corrected chi connectivity index (χ1v) is 8.54. The summed E-state index contributed by atoms with van der Waals surface area (Å²) in [7, 11) is 5.62. The summed E-state index contributed by atoms with van der Waals surface area (Å²) < 4.78 is 7.00. The molecule has 25 heavy (non-hydrogen) atoms. The minimum absolute atomic E-state index is 0.0628. The number of benzene rings is 1. The summed E-state index contributed by atoms with van der Waals surface area (Å²) in [6, 6.07) is 7.61. The maximum absolute atomic E-state index is 12.8. The van der Waals surface area contributed by atoms with Gasteiger partial charge in [-0.2, -0.15) is 5.10 Å². The second kappa shape index (κ2) is 7.76. The number of methoxy groups -OCH3 is 1. The molecule has 1 atom stereocenters. The molecular formula is C18H25N5O2. The maximum Gasteiger partial charge on any atom is 0.252 e. The lowest BCUT2D eigenvalue weighted by Gasteiger charge is -2.23. The van der Waals surface area contributed by atoms with E-state index >= 15 is 0 Å². The largest absolute Gasteiger partial charge is 0.377 e. The summed E-state index contributed by atoms with van der Waals surface area (Å²) in [6.45, 7) is 1.93. The Labute approximate surface area is 148 Å². The van der Waals surface area contributed by atoms with Crippen LogP contribution < -0.4 is 5.32 Å². The van der Waals surface area contributed by atoms with Crippen molar-refractivity contribution in [1.29, 1.82) is 0 Å². The number of amides is 1. The lowest BCUT2D eigenvalue weighted by atomic mass is 10.0. The van der Waals surface area contributed by atoms with Gasteiger partial charge in [-0.3, -0.25) is 4.79 Å². The molecule has 7 heteroatoms. The molecule has 1 aliphatic rings. The van der Waals surface area contributed by atoms with Crippen molar-refractivity contribution >= 4 is 5.91 Å². The molecule has 1 amide bonds. The maximum atomic E-state index is 12.8. The van der Waals surface area contributed by atoms with Crippen LogP contribution in [0.5, 0.6) is 0 Å². The molecule has 2 aromatic rings. The first-order valence-electron chi connectivity index (χ1n) is 8.54. The van der Waals surface area contributed by atoms with Gasteiger partial charge in [0.15, 0.2) is 5.82 Å². The third-order valence-electron chi connectivity index (χ3n) is 4.25. The van der Waals surface area contributed by atoms with E-state index in [2.05, 4.69) is 20.3 Å². The summed E-state index contributed by atoms with van der Waals surface area (Å²) in [5.74, 6) is 1.41. The fourth-order valence-corrected chi connectivity index (χ4v) is 3.18. The standard InChI is InChI=1S/C18H25N5O2/c1-22(2)11-13-7-4-5-8-14(13)18(24)19-15-9-6-10-23-17(15)20-16(21-23)12-25-3/h4-5,7-8,15H,6,9-12H2,1-3H3,(H,19,24). The van der Waals surface area contributed by atoms with Crippen molar-refractivity contribution in [3.63, 3.8) is 0 Å². The quantitative estimate of drug-likeness (QED) is 0.865. The van der Waals surface area contributed by atoms with E-state index in [9.17, 15) is 4.79 Å². The van der Waals surface area contributed by atoms with Gasteiger partial charge in [0, 0.05) is 25.8 Å². The summed E-state index contributed by atoms with van der Waals surface area (Å²) in [5.41, 5.74) is 1.73. The number of nitrogens with one attached hydrogen (secondary N) is 1. The van der Waals surface area contributed by atoms with Gasteiger partial charge in [-0.1, -0.05) is 18.2 Å². The molecule has 1 aliphatic heterocycles. The van der Waals surface area contributed by atoms with Crippen molar-refractivity contribution in [3.8, 4) is 0 Å². The van der Waals surface area contributed by atoms with Gasteiger partial charge in [-0.15, -0.1) is 0 Å². The van der Waals surface area contributed by atoms with E-state index < -0.39 is 0 Å². The van der Waals surface area contributed by atoms with E-state index in [1.54, 1.807) is 7.11 Å². The van der Waals surface area contributed by atoms with Crippen molar-refractivity contribution in [2.75, 3.05) is 21.2 Å². The molecule has 0 radical (unpaired) electrons. The van der Waals surface area contributed by atoms with Crippen LogP contribution in [-0.2, 0) is 24.4 Å². The molecule has 1 aromatic heterocycles. The van der Waals surface area contributed by atoms with Crippen LogP contribution in [0.3, 0.4) is 0 Å². The van der Waals surface area contributed by atoms with Gasteiger partial charge in [-0.25, -0.2) is 9.67 Å². The molecule has 134 valence electrons. The molecule has 0 fully saturated rings. The molecule has 1 N–H and O–H groups in total. The molecule has 0 saturated heterocycles. The van der Waals surface area contributed by atoms with Crippen molar-refractivity contribution in [2.24, 2.45) is 0 Å². The molecule has 1 unspecified atom stereocenters. The summed E-state index contributed by atoms with van der Waals surface area (Å²) in [4.78, 5) is 19.4. The fourth-order valence-electron chi connectivity index (χ4n) is 3.18. The van der Waals surface area contributed by atoms with Gasteiger partial charge < -0.3 is 15.0 Å². The highest BCUT2D eigenvalue weighted by molar-refractivity contribution is 5.95. The Morgan fingerprint density at radius 2 is 2.20 bits per heavy atom. The number of carbonyl (C=O) groups is 1. The van der Waals surface area contributed by atoms with Crippen LogP contribution in [0.15, 0.2) is 24.3 Å². The normalized spacial score (nSPS) is 16.7. The predicted molar refractivity (Wildman–Crippen MR) is 94.0 cm³/mol. The number of hydrogen-bond donors (Lipinski definition) is 1. The van der Waals surface area contributed by atoms with Crippen LogP contribution in [0.4, 0.5) is 0 Å². The number of ether oxygens (including phenoxy) is 1. The second-order valence-corrected chi connectivity index (χ2v) is 6.61. The number of rotatable bonds is 6. The average Bonchev–Trinajstić information content (AvgIpc) is 2.99. The molecule has 2 heterocycles. The second-order valence-electron chi connectivity index (χ2n) is 6.61. The van der Waals surface area contributed by atoms with Crippen LogP contribution in [0, 0.1) is 0 Å². The Morgan fingerprint density at radius 1 is 1.40 bits per heavy atom. The van der Waals surface area contributed by atoms with Crippen molar-refractivity contribution in [2.45, 2.75) is 38.6 Å². The van der Waals surface area contributed by atoms with Gasteiger partial charge in [0.25, 0.3) is 5.91 Å². The molecule has 7 nitrogen and oxygen atoms in total. The zero-order chi connectivity index (χ0) is 17.8. The van der Waals surface area contributed by atoms with Crippen LogP contribution in [0.1, 0.15) is 46.5 Å². The molecule has 0 saturated carbocycles. The minimum atomic E-state index is -0.119. The van der Waals surface area contributed by atoms with Crippen molar-refractivity contribution < 1.29 is 9.53 Å². The average molecular weight is 343 g/mol. The predicted octanol–water partition coefficient (Wildman–Crippen LogP) is 1.75. The minimum Gasteiger partial charge on any atom is -0.377 e. The Bertz CT molecular complexity index is 741. The lowest BCUT2D eigenvalue weighted by molar-refractivity contribution is 0.0925. The highest BCUT2D eigenvalue weighted by Crippen LogP contribution is 2.24. The van der Waals surface area contributed by atoms with Gasteiger partial charge in [-0.05, 0) is 38.6 Å². The molecule has 3 rings (SSSR count). The van der Waals surface area contributed by atoms with Crippen LogP contribution in [0.25, 0.3) is 0 Å². The SMILES string of the molecule is COCc1nc2n(n1)CCCC2NC(=O)c1ccccc1CN(C)C. The molecule has 0 spiro atoms. The highest BCUT2D eigenvalue weighted by Gasteiger charge is 2.26. The van der Waals surface area contributed by atoms with Gasteiger partial charge >= 0.3 is 0 Å². The van der Waals surface area contributed by atoms with E-state index in [1.807, 2.05) is 43.0 Å². The number of aryl methyl sites for hydroxylation is 1. The summed E-state index contributed by atoms with van der Waals surface area (Å²) >= 11 is 0. The number of aromatic nitrogens is 3. The van der Waals surface area contributed by atoms with Gasteiger partial charge in [0.2, 0.25) is 0 Å². The Kier molecular flexibility index (Phi) is 5.45. The zero-order valence-corrected chi connectivity index (χ0v) is 15.0. The first kappa shape index (κ1) is 17.6. The van der Waals surface area contributed by atoms with E-state index in [0.717, 1.165) is 37.3 Å². The molecule has 1 aromatic carbocycles. The van der Waals surface area contributed by atoms with Crippen LogP contribution in [0.2, 0.25) is 0 Å². The number of carbonyl (C=O) groups excluding carboxylic acids is 1. The highest BCUT2D eigenvalue weighted by atomic mass is 16.5. The number of fused-ring (bicyclic) bond motifs is 1. The smallest absolute Gasteiger partial charge is 0.252 e. The number of hydrogen-bond acceptors (Lipinski definition) is 5. The Balaban J connectivity index is 1.79. The number of nitrogens with zero attached hydrogens (tertiary/aromatic N) is 4. The third kappa shape index (κ3) is 4.05. The first-order chi connectivity index (χ1) is 12.1. The molecule has 0 bridgehead atoms. The summed E-state index contributed by atoms with van der Waals surface area (Å²) in [6.07, 6.45) is 1.83. The van der Waals surface area contributed by atoms with E-state index in [0.29, 0.717) is 18.0 Å². The molecular weight excluding hydrogens is 318 g/mol. The van der Waals surface area contributed by atoms with Gasteiger partial charge in [0.1, 0.15) is 12.4 Å². The zero-order valence-electron chi connectivity index (χ0n) is 15.0. The fraction of sp³-hybridized carbons (Fsp3) is 0.500. The Hall–Kier alpha value is -2.25.